The molecule has 1 aliphatic rings. The smallest absolute Gasteiger partial charge is 0.241 e. The largest absolute Gasteiger partial charge is 0.486 e. The van der Waals surface area contributed by atoms with Crippen molar-refractivity contribution in [3.05, 3.63) is 18.2 Å². The van der Waals surface area contributed by atoms with Crippen LogP contribution in [0.25, 0.3) is 0 Å². The van der Waals surface area contributed by atoms with Crippen LogP contribution in [0.15, 0.2) is 23.1 Å². The van der Waals surface area contributed by atoms with Crippen molar-refractivity contribution >= 4 is 15.9 Å². The summed E-state index contributed by atoms with van der Waals surface area (Å²) in [5.74, 6) is 0.303. The van der Waals surface area contributed by atoms with Crippen molar-refractivity contribution in [1.82, 2.24) is 10.0 Å². The molecule has 2 rings (SSSR count). The van der Waals surface area contributed by atoms with Gasteiger partial charge in [0, 0.05) is 26.3 Å². The first-order valence-electron chi connectivity index (χ1n) is 8.54. The van der Waals surface area contributed by atoms with Crippen molar-refractivity contribution < 1.29 is 27.4 Å². The zero-order valence-corrected chi connectivity index (χ0v) is 16.1. The van der Waals surface area contributed by atoms with Gasteiger partial charge in [0.2, 0.25) is 15.9 Å². The van der Waals surface area contributed by atoms with Gasteiger partial charge in [0.1, 0.15) is 19.3 Å². The number of rotatable bonds is 9. The Morgan fingerprint density at radius 3 is 2.58 bits per heavy atom. The van der Waals surface area contributed by atoms with E-state index in [4.69, 9.17) is 14.2 Å². The lowest BCUT2D eigenvalue weighted by Gasteiger charge is -2.23. The summed E-state index contributed by atoms with van der Waals surface area (Å²) in [6, 6.07) is 3.52. The summed E-state index contributed by atoms with van der Waals surface area (Å²) in [5.41, 5.74) is 0. The summed E-state index contributed by atoms with van der Waals surface area (Å²) < 4.78 is 43.7. The maximum absolute atomic E-state index is 12.7. The Morgan fingerprint density at radius 2 is 1.92 bits per heavy atom. The molecular weight excluding hydrogens is 360 g/mol. The molecule has 0 fully saturated rings. The highest BCUT2D eigenvalue weighted by Crippen LogP contribution is 2.32. The number of amides is 1. The fourth-order valence-corrected chi connectivity index (χ4v) is 3.82. The standard InChI is InChI=1S/C17H26N2O6S/c1-12(2)16(17(20)18-7-4-8-23-3)19-26(21,22)13-5-6-14-15(11-13)25-10-9-24-14/h5-6,11-12,16,19H,4,7-10H2,1-3H3,(H,18,20)/t16-/m0/s1. The van der Waals surface area contributed by atoms with Crippen LogP contribution in [-0.4, -0.2) is 53.8 Å². The average Bonchev–Trinajstić information content (AvgIpc) is 2.62. The van der Waals surface area contributed by atoms with Gasteiger partial charge in [-0.1, -0.05) is 13.8 Å². The minimum Gasteiger partial charge on any atom is -0.486 e. The molecule has 0 aromatic heterocycles. The van der Waals surface area contributed by atoms with E-state index in [1.54, 1.807) is 27.0 Å². The first kappa shape index (κ1) is 20.5. The number of benzene rings is 1. The van der Waals surface area contributed by atoms with Crippen LogP contribution >= 0.6 is 0 Å². The molecule has 9 heteroatoms. The molecule has 0 bridgehead atoms. The van der Waals surface area contributed by atoms with Crippen molar-refractivity contribution in [2.45, 2.75) is 31.2 Å². The Balaban J connectivity index is 2.10. The lowest BCUT2D eigenvalue weighted by Crippen LogP contribution is -2.49. The molecule has 2 N–H and O–H groups in total. The molecule has 146 valence electrons. The Morgan fingerprint density at radius 1 is 1.23 bits per heavy atom. The van der Waals surface area contributed by atoms with Gasteiger partial charge in [-0.3, -0.25) is 4.79 Å². The van der Waals surface area contributed by atoms with Crippen LogP contribution < -0.4 is 19.5 Å². The first-order valence-corrected chi connectivity index (χ1v) is 10.0. The number of methoxy groups -OCH3 is 1. The number of ether oxygens (including phenoxy) is 3. The molecule has 26 heavy (non-hydrogen) atoms. The molecule has 1 aromatic carbocycles. The molecule has 1 atom stereocenters. The number of hydrogen-bond acceptors (Lipinski definition) is 6. The van der Waals surface area contributed by atoms with Crippen LogP contribution in [0.2, 0.25) is 0 Å². The average molecular weight is 386 g/mol. The fraction of sp³-hybridized carbons (Fsp3) is 0.588. The number of nitrogens with one attached hydrogen (secondary N) is 2. The number of fused-ring (bicyclic) bond motifs is 1. The zero-order chi connectivity index (χ0) is 19.2. The third-order valence-electron chi connectivity index (χ3n) is 3.88. The molecule has 0 unspecified atom stereocenters. The molecule has 1 amide bonds. The predicted molar refractivity (Wildman–Crippen MR) is 95.9 cm³/mol. The Bertz CT molecular complexity index is 720. The van der Waals surface area contributed by atoms with E-state index < -0.39 is 16.1 Å². The lowest BCUT2D eigenvalue weighted by molar-refractivity contribution is -0.123. The number of carbonyl (C=O) groups is 1. The van der Waals surface area contributed by atoms with Crippen molar-refractivity contribution in [2.75, 3.05) is 33.5 Å². The normalized spacial score (nSPS) is 14.9. The topological polar surface area (TPSA) is 103 Å². The third-order valence-corrected chi connectivity index (χ3v) is 5.32. The fourth-order valence-electron chi connectivity index (χ4n) is 2.46. The maximum atomic E-state index is 12.7. The van der Waals surface area contributed by atoms with Crippen LogP contribution in [0.3, 0.4) is 0 Å². The zero-order valence-electron chi connectivity index (χ0n) is 15.3. The SMILES string of the molecule is COCCCNC(=O)[C@@H](NS(=O)(=O)c1ccc2c(c1)OCCO2)C(C)C. The van der Waals surface area contributed by atoms with Crippen molar-refractivity contribution in [2.24, 2.45) is 5.92 Å². The van der Waals surface area contributed by atoms with Gasteiger partial charge in [0.05, 0.1) is 4.90 Å². The van der Waals surface area contributed by atoms with E-state index >= 15 is 0 Å². The Labute approximate surface area is 154 Å². The molecule has 0 spiro atoms. The summed E-state index contributed by atoms with van der Waals surface area (Å²) >= 11 is 0. The second-order valence-corrected chi connectivity index (χ2v) is 8.00. The molecule has 1 heterocycles. The molecule has 1 aliphatic heterocycles. The van der Waals surface area contributed by atoms with E-state index in [9.17, 15) is 13.2 Å². The number of sulfonamides is 1. The van der Waals surface area contributed by atoms with E-state index in [-0.39, 0.29) is 16.7 Å². The van der Waals surface area contributed by atoms with Gasteiger partial charge in [0.25, 0.3) is 0 Å². The highest BCUT2D eigenvalue weighted by molar-refractivity contribution is 7.89. The molecule has 0 saturated heterocycles. The van der Waals surface area contributed by atoms with E-state index in [0.717, 1.165) is 0 Å². The van der Waals surface area contributed by atoms with E-state index in [1.165, 1.54) is 12.1 Å². The maximum Gasteiger partial charge on any atom is 0.241 e. The van der Waals surface area contributed by atoms with E-state index in [0.29, 0.717) is 44.3 Å². The van der Waals surface area contributed by atoms with Crippen LogP contribution in [-0.2, 0) is 19.6 Å². The van der Waals surface area contributed by atoms with E-state index in [2.05, 4.69) is 10.0 Å². The number of hydrogen-bond donors (Lipinski definition) is 2. The molecular formula is C17H26N2O6S. The number of carbonyl (C=O) groups excluding carboxylic acids is 1. The first-order chi connectivity index (χ1) is 12.3. The van der Waals surface area contributed by atoms with Crippen LogP contribution in [0, 0.1) is 5.92 Å². The molecule has 8 nitrogen and oxygen atoms in total. The Hall–Kier alpha value is -1.84. The van der Waals surface area contributed by atoms with Gasteiger partial charge in [-0.2, -0.15) is 4.72 Å². The summed E-state index contributed by atoms with van der Waals surface area (Å²) in [6.45, 7) is 5.30. The third kappa shape index (κ3) is 5.33. The van der Waals surface area contributed by atoms with E-state index in [1.807, 2.05) is 0 Å². The monoisotopic (exact) mass is 386 g/mol. The highest BCUT2D eigenvalue weighted by Gasteiger charge is 2.29. The summed E-state index contributed by atoms with van der Waals surface area (Å²) in [6.07, 6.45) is 0.655. The van der Waals surface area contributed by atoms with Crippen LogP contribution in [0.1, 0.15) is 20.3 Å². The minimum atomic E-state index is -3.89. The predicted octanol–water partition coefficient (Wildman–Crippen LogP) is 0.913. The summed E-state index contributed by atoms with van der Waals surface area (Å²) in [7, 11) is -2.31. The van der Waals surface area contributed by atoms with Crippen LogP contribution in [0.5, 0.6) is 11.5 Å². The lowest BCUT2D eigenvalue weighted by atomic mass is 10.1. The molecule has 0 saturated carbocycles. The summed E-state index contributed by atoms with van der Waals surface area (Å²) in [5, 5.41) is 2.73. The van der Waals surface area contributed by atoms with Crippen molar-refractivity contribution in [3.63, 3.8) is 0 Å². The van der Waals surface area contributed by atoms with Crippen molar-refractivity contribution in [1.29, 1.82) is 0 Å². The second kappa shape index (κ2) is 9.20. The van der Waals surface area contributed by atoms with Gasteiger partial charge in [-0.15, -0.1) is 0 Å². The van der Waals surface area contributed by atoms with Crippen molar-refractivity contribution in [3.8, 4) is 11.5 Å². The summed E-state index contributed by atoms with van der Waals surface area (Å²) in [4.78, 5) is 12.4. The molecule has 1 aromatic rings. The molecule has 0 aliphatic carbocycles. The van der Waals surface area contributed by atoms with Gasteiger partial charge < -0.3 is 19.5 Å². The van der Waals surface area contributed by atoms with Gasteiger partial charge in [0.15, 0.2) is 11.5 Å². The second-order valence-electron chi connectivity index (χ2n) is 6.29. The quantitative estimate of drug-likeness (QED) is 0.612. The Kier molecular flexibility index (Phi) is 7.24. The molecule has 0 radical (unpaired) electrons. The van der Waals surface area contributed by atoms with Crippen LogP contribution in [0.4, 0.5) is 0 Å². The van der Waals surface area contributed by atoms with Gasteiger partial charge >= 0.3 is 0 Å². The van der Waals surface area contributed by atoms with Gasteiger partial charge in [-0.25, -0.2) is 8.42 Å². The minimum absolute atomic E-state index is 0.0274. The highest BCUT2D eigenvalue weighted by atomic mass is 32.2. The van der Waals surface area contributed by atoms with Gasteiger partial charge in [-0.05, 0) is 24.5 Å².